The summed E-state index contributed by atoms with van der Waals surface area (Å²) in [6.07, 6.45) is 11.3. The average molecular weight is 592 g/mol. The first-order valence-corrected chi connectivity index (χ1v) is 15.7. The minimum atomic E-state index is -0.867. The molecule has 2 aromatic rings. The zero-order valence-electron chi connectivity index (χ0n) is 25.3. The van der Waals surface area contributed by atoms with E-state index in [1.165, 1.54) is 25.0 Å². The summed E-state index contributed by atoms with van der Waals surface area (Å²) >= 11 is 0. The molecule has 6 rings (SSSR count). The van der Waals surface area contributed by atoms with Crippen LogP contribution in [0.2, 0.25) is 0 Å². The standard InChI is InChI=1S/C34H43F2N5O2/c1-37-26-12-18-41(31(20-26)24-9-10-28(35)29(36)19-24)33(42)40-17-11-25(34(22-40)14-5-6-15-34)21-39-16-13-30(38-23-39)27-7-3-4-8-32(27)43-2/h3-4,7-10,13,16,19,25-26,31,37H,5-6,11-12,14-15,17-18,20-23H2,1-2H3/t25-,26+,31-/m0/s1. The molecule has 1 N–H and O–H groups in total. The Balaban J connectivity index is 1.15. The summed E-state index contributed by atoms with van der Waals surface area (Å²) in [6, 6.07) is 12.0. The molecule has 2 amide bonds. The largest absolute Gasteiger partial charge is 0.496 e. The highest BCUT2D eigenvalue weighted by atomic mass is 19.2. The monoisotopic (exact) mass is 591 g/mol. The van der Waals surface area contributed by atoms with Crippen LogP contribution >= 0.6 is 0 Å². The molecule has 3 aliphatic heterocycles. The van der Waals surface area contributed by atoms with Gasteiger partial charge >= 0.3 is 6.03 Å². The van der Waals surface area contributed by atoms with Gasteiger partial charge in [-0.25, -0.2) is 13.6 Å². The minimum absolute atomic E-state index is 0.0259. The third-order valence-electron chi connectivity index (χ3n) is 10.3. The van der Waals surface area contributed by atoms with Crippen molar-refractivity contribution in [2.24, 2.45) is 16.3 Å². The Labute approximate surface area is 253 Å². The molecule has 2 aromatic carbocycles. The molecule has 2 saturated heterocycles. The topological polar surface area (TPSA) is 60.4 Å². The molecule has 3 heterocycles. The van der Waals surface area contributed by atoms with E-state index in [0.29, 0.717) is 37.7 Å². The van der Waals surface area contributed by atoms with Gasteiger partial charge in [-0.2, -0.15) is 0 Å². The number of ether oxygens (including phenoxy) is 1. The molecule has 4 aliphatic rings. The number of nitrogens with one attached hydrogen (secondary N) is 1. The molecule has 0 unspecified atom stereocenters. The van der Waals surface area contributed by atoms with Crippen molar-refractivity contribution in [1.29, 1.82) is 0 Å². The number of likely N-dealkylation sites (tertiary alicyclic amines) is 2. The second kappa shape index (κ2) is 12.6. The number of halogens is 2. The minimum Gasteiger partial charge on any atom is -0.496 e. The van der Waals surface area contributed by atoms with Gasteiger partial charge in [0.05, 0.1) is 18.9 Å². The van der Waals surface area contributed by atoms with Gasteiger partial charge in [0.25, 0.3) is 0 Å². The van der Waals surface area contributed by atoms with Crippen LogP contribution in [-0.4, -0.2) is 79.5 Å². The van der Waals surface area contributed by atoms with Crippen LogP contribution in [0.5, 0.6) is 5.75 Å². The lowest BCUT2D eigenvalue weighted by Gasteiger charge is -2.50. The Morgan fingerprint density at radius 2 is 1.91 bits per heavy atom. The number of carbonyl (C=O) groups excluding carboxylic acids is 1. The Morgan fingerprint density at radius 3 is 2.63 bits per heavy atom. The molecule has 0 radical (unpaired) electrons. The zero-order valence-corrected chi connectivity index (χ0v) is 25.3. The number of aliphatic imine (C=N–C) groups is 1. The Hall–Kier alpha value is -3.46. The van der Waals surface area contributed by atoms with Gasteiger partial charge in [-0.15, -0.1) is 0 Å². The van der Waals surface area contributed by atoms with E-state index in [2.05, 4.69) is 27.4 Å². The number of piperidine rings is 2. The molecule has 3 fully saturated rings. The summed E-state index contributed by atoms with van der Waals surface area (Å²) in [6.45, 7) is 3.57. The van der Waals surface area contributed by atoms with Gasteiger partial charge in [-0.1, -0.05) is 31.0 Å². The number of urea groups is 1. The van der Waals surface area contributed by atoms with Gasteiger partial charge in [0.1, 0.15) is 12.4 Å². The molecule has 3 atom stereocenters. The number of methoxy groups -OCH3 is 1. The van der Waals surface area contributed by atoms with E-state index in [1.54, 1.807) is 13.2 Å². The number of nitrogens with zero attached hydrogens (tertiary/aromatic N) is 4. The fourth-order valence-electron chi connectivity index (χ4n) is 7.85. The SMILES string of the molecule is CN[C@@H]1CCN(C(=O)N2CC[C@@H](CN3C=CC(c4ccccc4OC)=NC3)C3(CCCC3)C2)[C@H](c2ccc(F)c(F)c2)C1. The lowest BCUT2D eigenvalue weighted by molar-refractivity contribution is 0.0181. The Kier molecular flexibility index (Phi) is 8.71. The predicted octanol–water partition coefficient (Wildman–Crippen LogP) is 5.98. The first kappa shape index (κ1) is 29.6. The highest BCUT2D eigenvalue weighted by Crippen LogP contribution is 2.49. The lowest BCUT2D eigenvalue weighted by Crippen LogP contribution is -2.57. The third-order valence-corrected chi connectivity index (χ3v) is 10.3. The second-order valence-electron chi connectivity index (χ2n) is 12.6. The Morgan fingerprint density at radius 1 is 1.09 bits per heavy atom. The Bertz CT molecular complexity index is 1370. The molecule has 230 valence electrons. The van der Waals surface area contributed by atoms with E-state index >= 15 is 0 Å². The van der Waals surface area contributed by atoms with E-state index in [9.17, 15) is 13.6 Å². The normalized spacial score (nSPS) is 25.3. The number of hydrogen-bond donors (Lipinski definition) is 1. The highest BCUT2D eigenvalue weighted by molar-refractivity contribution is 6.10. The molecule has 9 heteroatoms. The molecular formula is C34H43F2N5O2. The molecule has 1 aliphatic carbocycles. The van der Waals surface area contributed by atoms with Gasteiger partial charge in [0.15, 0.2) is 11.6 Å². The number of allylic oxidation sites excluding steroid dienone is 1. The van der Waals surface area contributed by atoms with E-state index in [-0.39, 0.29) is 23.5 Å². The van der Waals surface area contributed by atoms with Crippen LogP contribution in [0.25, 0.3) is 0 Å². The van der Waals surface area contributed by atoms with Crippen LogP contribution in [0.3, 0.4) is 0 Å². The first-order valence-electron chi connectivity index (χ1n) is 15.7. The van der Waals surface area contributed by atoms with Crippen molar-refractivity contribution in [1.82, 2.24) is 20.0 Å². The lowest BCUT2D eigenvalue weighted by atomic mass is 9.69. The van der Waals surface area contributed by atoms with Crippen LogP contribution in [0, 0.1) is 23.0 Å². The fourth-order valence-corrected chi connectivity index (χ4v) is 7.85. The number of rotatable bonds is 6. The summed E-state index contributed by atoms with van der Waals surface area (Å²) in [5.74, 6) is -0.432. The smallest absolute Gasteiger partial charge is 0.320 e. The highest BCUT2D eigenvalue weighted by Gasteiger charge is 2.48. The molecule has 43 heavy (non-hydrogen) atoms. The third kappa shape index (κ3) is 6.01. The predicted molar refractivity (Wildman–Crippen MR) is 164 cm³/mol. The van der Waals surface area contributed by atoms with Crippen LogP contribution in [0.15, 0.2) is 59.7 Å². The van der Waals surface area contributed by atoms with E-state index < -0.39 is 11.6 Å². The molecule has 1 spiro atoms. The summed E-state index contributed by atoms with van der Waals surface area (Å²) in [5, 5.41) is 3.33. The maximum absolute atomic E-state index is 14.2. The fraction of sp³-hybridized carbons (Fsp3) is 0.529. The van der Waals surface area contributed by atoms with Crippen LogP contribution < -0.4 is 10.1 Å². The van der Waals surface area contributed by atoms with Crippen molar-refractivity contribution in [2.75, 3.05) is 47.0 Å². The van der Waals surface area contributed by atoms with Crippen molar-refractivity contribution >= 4 is 11.7 Å². The van der Waals surface area contributed by atoms with E-state index in [4.69, 9.17) is 9.73 Å². The maximum atomic E-state index is 14.2. The number of hydrogen-bond acceptors (Lipinski definition) is 5. The van der Waals surface area contributed by atoms with E-state index in [1.807, 2.05) is 36.2 Å². The summed E-state index contributed by atoms with van der Waals surface area (Å²) in [5.41, 5.74) is 2.68. The number of benzene rings is 2. The molecule has 7 nitrogen and oxygen atoms in total. The van der Waals surface area contributed by atoms with Crippen molar-refractivity contribution in [2.45, 2.75) is 57.0 Å². The summed E-state index contributed by atoms with van der Waals surface area (Å²) < 4.78 is 33.5. The first-order chi connectivity index (χ1) is 20.9. The van der Waals surface area contributed by atoms with Crippen molar-refractivity contribution < 1.29 is 18.3 Å². The van der Waals surface area contributed by atoms with E-state index in [0.717, 1.165) is 55.8 Å². The van der Waals surface area contributed by atoms with Crippen molar-refractivity contribution in [3.05, 3.63) is 77.5 Å². The number of carbonyl (C=O) groups is 1. The van der Waals surface area contributed by atoms with Crippen molar-refractivity contribution in [3.63, 3.8) is 0 Å². The van der Waals surface area contributed by atoms with Gasteiger partial charge in [0, 0.05) is 44.0 Å². The molecule has 0 bridgehead atoms. The van der Waals surface area contributed by atoms with Gasteiger partial charge < -0.3 is 24.8 Å². The van der Waals surface area contributed by atoms with Gasteiger partial charge in [-0.05, 0) is 86.4 Å². The van der Waals surface area contributed by atoms with Crippen LogP contribution in [-0.2, 0) is 0 Å². The number of amides is 2. The summed E-state index contributed by atoms with van der Waals surface area (Å²) in [4.78, 5) is 25.3. The molecule has 0 aromatic heterocycles. The van der Waals surface area contributed by atoms with Gasteiger partial charge in [-0.3, -0.25) is 4.99 Å². The van der Waals surface area contributed by atoms with Crippen LogP contribution in [0.4, 0.5) is 13.6 Å². The average Bonchev–Trinajstić information content (AvgIpc) is 3.51. The van der Waals surface area contributed by atoms with Crippen molar-refractivity contribution in [3.8, 4) is 5.75 Å². The molecular weight excluding hydrogens is 548 g/mol. The zero-order chi connectivity index (χ0) is 30.0. The molecule has 1 saturated carbocycles. The second-order valence-corrected chi connectivity index (χ2v) is 12.6. The number of para-hydroxylation sites is 1. The quantitative estimate of drug-likeness (QED) is 0.449. The van der Waals surface area contributed by atoms with Crippen LogP contribution in [0.1, 0.15) is 62.1 Å². The van der Waals surface area contributed by atoms with Gasteiger partial charge in [0.2, 0.25) is 0 Å². The maximum Gasteiger partial charge on any atom is 0.320 e. The summed E-state index contributed by atoms with van der Waals surface area (Å²) in [7, 11) is 3.60.